The summed E-state index contributed by atoms with van der Waals surface area (Å²) in [6.45, 7) is 0.695. The molecule has 0 saturated carbocycles. The predicted octanol–water partition coefficient (Wildman–Crippen LogP) is 3.66. The Bertz CT molecular complexity index is 749. The van der Waals surface area contributed by atoms with E-state index in [9.17, 15) is 4.79 Å². The maximum absolute atomic E-state index is 11.1. The van der Waals surface area contributed by atoms with E-state index in [-0.39, 0.29) is 0 Å². The molecule has 0 amide bonds. The molecule has 2 aromatic heterocycles. The van der Waals surface area contributed by atoms with Crippen molar-refractivity contribution in [2.75, 3.05) is 0 Å². The second kappa shape index (κ2) is 4.97. The minimum absolute atomic E-state index is 0.695. The summed E-state index contributed by atoms with van der Waals surface area (Å²) in [6.07, 6.45) is 6.38. The summed E-state index contributed by atoms with van der Waals surface area (Å²) in [5.74, 6) is 0. The lowest BCUT2D eigenvalue weighted by molar-refractivity contribution is 0.112. The fourth-order valence-corrected chi connectivity index (χ4v) is 2.65. The van der Waals surface area contributed by atoms with Gasteiger partial charge in [0.05, 0.1) is 0 Å². The Balaban J connectivity index is 2.08. The molecule has 3 nitrogen and oxygen atoms in total. The van der Waals surface area contributed by atoms with Gasteiger partial charge in [0, 0.05) is 46.1 Å². The maximum Gasteiger partial charge on any atom is 0.152 e. The molecule has 0 N–H and O–H groups in total. The van der Waals surface area contributed by atoms with Gasteiger partial charge in [-0.25, -0.2) is 0 Å². The number of aromatic nitrogens is 2. The quantitative estimate of drug-likeness (QED) is 0.691. The molecule has 2 heterocycles. The predicted molar refractivity (Wildman–Crippen MR) is 78.4 cm³/mol. The molecular weight excluding hydrogens is 304 g/mol. The lowest BCUT2D eigenvalue weighted by Crippen LogP contribution is -1.98. The molecule has 0 unspecified atom stereocenters. The average Bonchev–Trinajstić information content (AvgIpc) is 2.77. The van der Waals surface area contributed by atoms with Gasteiger partial charge in [0.25, 0.3) is 0 Å². The van der Waals surface area contributed by atoms with E-state index >= 15 is 0 Å². The monoisotopic (exact) mass is 314 g/mol. The smallest absolute Gasteiger partial charge is 0.152 e. The lowest BCUT2D eigenvalue weighted by atomic mass is 10.2. The van der Waals surface area contributed by atoms with Gasteiger partial charge in [-0.2, -0.15) is 0 Å². The Morgan fingerprint density at radius 3 is 2.89 bits per heavy atom. The highest BCUT2D eigenvalue weighted by Gasteiger charge is 2.07. The molecule has 0 saturated heterocycles. The van der Waals surface area contributed by atoms with Crippen LogP contribution in [0.4, 0.5) is 0 Å². The van der Waals surface area contributed by atoms with E-state index in [1.165, 1.54) is 0 Å². The molecule has 0 spiro atoms. The normalized spacial score (nSPS) is 10.8. The molecule has 3 aromatic rings. The largest absolute Gasteiger partial charge is 0.342 e. The van der Waals surface area contributed by atoms with Crippen LogP contribution in [0, 0.1) is 0 Å². The fraction of sp³-hybridized carbons (Fsp3) is 0.0667. The molecule has 94 valence electrons. The second-order valence-corrected chi connectivity index (χ2v) is 5.27. The Labute approximate surface area is 119 Å². The Kier molecular flexibility index (Phi) is 3.17. The van der Waals surface area contributed by atoms with E-state index in [0.29, 0.717) is 6.54 Å². The summed E-state index contributed by atoms with van der Waals surface area (Å²) in [7, 11) is 0. The number of para-hydroxylation sites is 1. The number of carbonyl (C=O) groups excluding carboxylic acids is 1. The third-order valence-corrected chi connectivity index (χ3v) is 3.49. The van der Waals surface area contributed by atoms with E-state index in [4.69, 9.17) is 0 Å². The fourth-order valence-electron chi connectivity index (χ4n) is 2.24. The third-order valence-electron chi connectivity index (χ3n) is 3.06. The highest BCUT2D eigenvalue weighted by molar-refractivity contribution is 9.10. The van der Waals surface area contributed by atoms with E-state index in [0.717, 1.165) is 32.8 Å². The number of nitrogens with zero attached hydrogens (tertiary/aromatic N) is 2. The highest BCUT2D eigenvalue weighted by Crippen LogP contribution is 2.21. The van der Waals surface area contributed by atoms with Crippen LogP contribution >= 0.6 is 15.9 Å². The first-order valence-electron chi connectivity index (χ1n) is 5.90. The summed E-state index contributed by atoms with van der Waals surface area (Å²) in [5.41, 5.74) is 2.87. The summed E-state index contributed by atoms with van der Waals surface area (Å²) < 4.78 is 3.03. The van der Waals surface area contributed by atoms with Gasteiger partial charge in [0.1, 0.15) is 0 Å². The van der Waals surface area contributed by atoms with E-state index in [2.05, 4.69) is 25.5 Å². The SMILES string of the molecule is O=Cc1cn(Cc2cncc(Br)c2)c2ccccc12. The molecule has 0 bridgehead atoms. The van der Waals surface area contributed by atoms with Crippen molar-refractivity contribution < 1.29 is 4.79 Å². The van der Waals surface area contributed by atoms with Gasteiger partial charge in [-0.05, 0) is 33.6 Å². The third kappa shape index (κ3) is 2.31. The van der Waals surface area contributed by atoms with Gasteiger partial charge in [0.2, 0.25) is 0 Å². The molecule has 19 heavy (non-hydrogen) atoms. The first-order chi connectivity index (χ1) is 9.28. The number of halogens is 1. The Morgan fingerprint density at radius 2 is 2.11 bits per heavy atom. The zero-order valence-corrected chi connectivity index (χ0v) is 11.7. The number of carbonyl (C=O) groups is 1. The molecule has 0 fully saturated rings. The number of rotatable bonds is 3. The van der Waals surface area contributed by atoms with Crippen molar-refractivity contribution in [3.63, 3.8) is 0 Å². The summed E-state index contributed by atoms with van der Waals surface area (Å²) in [4.78, 5) is 15.3. The number of pyridine rings is 1. The summed E-state index contributed by atoms with van der Waals surface area (Å²) in [6, 6.07) is 9.94. The van der Waals surface area contributed by atoms with Crippen LogP contribution in [0.25, 0.3) is 10.9 Å². The molecule has 3 rings (SSSR count). The lowest BCUT2D eigenvalue weighted by Gasteiger charge is -2.05. The molecule has 4 heteroatoms. The van der Waals surface area contributed by atoms with Crippen LogP contribution in [0.2, 0.25) is 0 Å². The topological polar surface area (TPSA) is 34.9 Å². The number of hydrogen-bond acceptors (Lipinski definition) is 2. The van der Waals surface area contributed by atoms with E-state index in [1.807, 2.05) is 42.7 Å². The molecule has 0 radical (unpaired) electrons. The van der Waals surface area contributed by atoms with Gasteiger partial charge in [-0.3, -0.25) is 9.78 Å². The zero-order valence-electron chi connectivity index (χ0n) is 10.1. The minimum atomic E-state index is 0.695. The Morgan fingerprint density at radius 1 is 1.26 bits per heavy atom. The molecule has 0 aliphatic heterocycles. The van der Waals surface area contributed by atoms with Crippen LogP contribution in [0.5, 0.6) is 0 Å². The van der Waals surface area contributed by atoms with Crippen LogP contribution in [0.15, 0.2) is 53.4 Å². The van der Waals surface area contributed by atoms with E-state index < -0.39 is 0 Å². The number of aldehydes is 1. The van der Waals surface area contributed by atoms with Crippen LogP contribution < -0.4 is 0 Å². The van der Waals surface area contributed by atoms with Crippen LogP contribution in [0.1, 0.15) is 15.9 Å². The maximum atomic E-state index is 11.1. The molecule has 0 aliphatic rings. The van der Waals surface area contributed by atoms with Crippen molar-refractivity contribution in [2.45, 2.75) is 6.54 Å². The average molecular weight is 315 g/mol. The van der Waals surface area contributed by atoms with Crippen molar-refractivity contribution in [3.05, 3.63) is 64.5 Å². The van der Waals surface area contributed by atoms with Gasteiger partial charge in [0.15, 0.2) is 6.29 Å². The zero-order chi connectivity index (χ0) is 13.2. The van der Waals surface area contributed by atoms with Crippen molar-refractivity contribution in [1.82, 2.24) is 9.55 Å². The number of hydrogen-bond donors (Lipinski definition) is 0. The molecule has 0 atom stereocenters. The molecule has 0 aliphatic carbocycles. The number of benzene rings is 1. The standard InChI is InChI=1S/C15H11BrN2O/c16-13-5-11(6-17-7-13)8-18-9-12(10-19)14-3-1-2-4-15(14)18/h1-7,9-10H,8H2. The van der Waals surface area contributed by atoms with Gasteiger partial charge in [-0.1, -0.05) is 18.2 Å². The van der Waals surface area contributed by atoms with Crippen molar-refractivity contribution in [2.24, 2.45) is 0 Å². The first kappa shape index (κ1) is 12.1. The molecule has 1 aromatic carbocycles. The van der Waals surface area contributed by atoms with Gasteiger partial charge >= 0.3 is 0 Å². The minimum Gasteiger partial charge on any atom is -0.342 e. The van der Waals surface area contributed by atoms with Crippen LogP contribution in [-0.2, 0) is 6.54 Å². The molecular formula is C15H11BrN2O. The number of fused-ring (bicyclic) bond motifs is 1. The Hall–Kier alpha value is -1.94. The van der Waals surface area contributed by atoms with Crippen molar-refractivity contribution >= 4 is 33.1 Å². The van der Waals surface area contributed by atoms with Crippen molar-refractivity contribution in [1.29, 1.82) is 0 Å². The summed E-state index contributed by atoms with van der Waals surface area (Å²) >= 11 is 3.42. The highest BCUT2D eigenvalue weighted by atomic mass is 79.9. The summed E-state index contributed by atoms with van der Waals surface area (Å²) in [5, 5.41) is 0.987. The van der Waals surface area contributed by atoms with Gasteiger partial charge in [-0.15, -0.1) is 0 Å². The van der Waals surface area contributed by atoms with E-state index in [1.54, 1.807) is 6.20 Å². The second-order valence-electron chi connectivity index (χ2n) is 4.36. The van der Waals surface area contributed by atoms with Crippen LogP contribution in [0.3, 0.4) is 0 Å². The van der Waals surface area contributed by atoms with Gasteiger partial charge < -0.3 is 4.57 Å². The van der Waals surface area contributed by atoms with Crippen LogP contribution in [-0.4, -0.2) is 15.8 Å². The first-order valence-corrected chi connectivity index (χ1v) is 6.70. The van der Waals surface area contributed by atoms with Crippen molar-refractivity contribution in [3.8, 4) is 0 Å².